The molecule has 90 valence electrons. The molecule has 1 amide bonds. The first kappa shape index (κ1) is 12.7. The quantitative estimate of drug-likeness (QED) is 0.553. The molecule has 0 aliphatic heterocycles. The van der Waals surface area contributed by atoms with Gasteiger partial charge in [0.15, 0.2) is 0 Å². The third kappa shape index (κ3) is 3.32. The van der Waals surface area contributed by atoms with Crippen molar-refractivity contribution in [1.82, 2.24) is 5.32 Å². The summed E-state index contributed by atoms with van der Waals surface area (Å²) in [5.41, 5.74) is 0. The van der Waals surface area contributed by atoms with Gasteiger partial charge in [-0.25, -0.2) is 0 Å². The molecular weight excluding hydrogens is 210 g/mol. The second kappa shape index (κ2) is 6.25. The maximum absolute atomic E-state index is 11.5. The van der Waals surface area contributed by atoms with Gasteiger partial charge in [0.25, 0.3) is 0 Å². The Balaban J connectivity index is 2.33. The van der Waals surface area contributed by atoms with Gasteiger partial charge in [0.2, 0.25) is 5.91 Å². The molecule has 0 bridgehead atoms. The fourth-order valence-electron chi connectivity index (χ4n) is 2.04. The van der Waals surface area contributed by atoms with E-state index < -0.39 is 0 Å². The van der Waals surface area contributed by atoms with Crippen LogP contribution in [0, 0.1) is 11.8 Å². The van der Waals surface area contributed by atoms with Crippen molar-refractivity contribution in [3.05, 3.63) is 0 Å². The van der Waals surface area contributed by atoms with E-state index in [2.05, 4.69) is 10.1 Å². The van der Waals surface area contributed by atoms with Crippen LogP contribution in [0.1, 0.15) is 25.7 Å². The standard InChI is InChI=1S/C11H17NO4/c1-16-11(15)9-4-2-8(3-5-9)10(14)12-6-7-13/h7-9H,2-6H2,1H3,(H,12,14)/t8-,9-. The lowest BCUT2D eigenvalue weighted by molar-refractivity contribution is -0.147. The summed E-state index contributed by atoms with van der Waals surface area (Å²) in [7, 11) is 1.38. The van der Waals surface area contributed by atoms with Crippen LogP contribution in [0.15, 0.2) is 0 Å². The van der Waals surface area contributed by atoms with Gasteiger partial charge in [-0.2, -0.15) is 0 Å². The van der Waals surface area contributed by atoms with Crippen LogP contribution in [-0.2, 0) is 19.1 Å². The summed E-state index contributed by atoms with van der Waals surface area (Å²) >= 11 is 0. The highest BCUT2D eigenvalue weighted by Gasteiger charge is 2.30. The average molecular weight is 227 g/mol. The van der Waals surface area contributed by atoms with Crippen molar-refractivity contribution in [3.63, 3.8) is 0 Å². The van der Waals surface area contributed by atoms with E-state index in [4.69, 9.17) is 0 Å². The van der Waals surface area contributed by atoms with Crippen molar-refractivity contribution in [2.24, 2.45) is 11.8 Å². The largest absolute Gasteiger partial charge is 0.469 e. The Kier molecular flexibility index (Phi) is 4.95. The van der Waals surface area contributed by atoms with Crippen molar-refractivity contribution in [3.8, 4) is 0 Å². The summed E-state index contributed by atoms with van der Waals surface area (Å²) in [5.74, 6) is -0.414. The van der Waals surface area contributed by atoms with Crippen LogP contribution in [-0.4, -0.2) is 31.8 Å². The first-order valence-corrected chi connectivity index (χ1v) is 5.48. The predicted molar refractivity (Wildman–Crippen MR) is 56.5 cm³/mol. The van der Waals surface area contributed by atoms with Gasteiger partial charge < -0.3 is 14.8 Å². The zero-order chi connectivity index (χ0) is 12.0. The molecule has 1 saturated carbocycles. The second-order valence-corrected chi connectivity index (χ2v) is 3.98. The highest BCUT2D eigenvalue weighted by Crippen LogP contribution is 2.29. The van der Waals surface area contributed by atoms with Crippen LogP contribution in [0.2, 0.25) is 0 Å². The molecule has 16 heavy (non-hydrogen) atoms. The molecule has 0 aromatic heterocycles. The SMILES string of the molecule is COC(=O)[C@H]1CC[C@H](C(=O)NCC=O)CC1. The monoisotopic (exact) mass is 227 g/mol. The summed E-state index contributed by atoms with van der Waals surface area (Å²) < 4.78 is 4.66. The summed E-state index contributed by atoms with van der Waals surface area (Å²) in [5, 5.41) is 2.54. The summed E-state index contributed by atoms with van der Waals surface area (Å²) in [4.78, 5) is 32.9. The van der Waals surface area contributed by atoms with E-state index >= 15 is 0 Å². The molecule has 1 aliphatic carbocycles. The number of hydrogen-bond donors (Lipinski definition) is 1. The van der Waals surface area contributed by atoms with Crippen molar-refractivity contribution in [1.29, 1.82) is 0 Å². The highest BCUT2D eigenvalue weighted by molar-refractivity contribution is 5.81. The average Bonchev–Trinajstić information content (AvgIpc) is 2.35. The van der Waals surface area contributed by atoms with Crippen LogP contribution in [0.25, 0.3) is 0 Å². The molecule has 0 unspecified atom stereocenters. The zero-order valence-corrected chi connectivity index (χ0v) is 9.40. The van der Waals surface area contributed by atoms with Crippen LogP contribution in [0.3, 0.4) is 0 Å². The predicted octanol–water partition coefficient (Wildman–Crippen LogP) is 0.281. The van der Waals surface area contributed by atoms with Crippen molar-refractivity contribution in [2.45, 2.75) is 25.7 Å². The van der Waals surface area contributed by atoms with Gasteiger partial charge in [-0.15, -0.1) is 0 Å². The smallest absolute Gasteiger partial charge is 0.308 e. The molecular formula is C11H17NO4. The lowest BCUT2D eigenvalue weighted by Gasteiger charge is -2.25. The molecule has 0 aromatic carbocycles. The fraction of sp³-hybridized carbons (Fsp3) is 0.727. The minimum absolute atomic E-state index is 0.0652. The zero-order valence-electron chi connectivity index (χ0n) is 9.40. The number of amides is 1. The molecule has 0 saturated heterocycles. The third-order valence-electron chi connectivity index (χ3n) is 2.99. The van der Waals surface area contributed by atoms with E-state index in [-0.39, 0.29) is 30.3 Å². The third-order valence-corrected chi connectivity index (χ3v) is 2.99. The maximum Gasteiger partial charge on any atom is 0.308 e. The van der Waals surface area contributed by atoms with E-state index in [0.29, 0.717) is 32.0 Å². The maximum atomic E-state index is 11.5. The van der Waals surface area contributed by atoms with E-state index in [1.807, 2.05) is 0 Å². The van der Waals surface area contributed by atoms with Crippen LogP contribution in [0.5, 0.6) is 0 Å². The van der Waals surface area contributed by atoms with Gasteiger partial charge >= 0.3 is 5.97 Å². The van der Waals surface area contributed by atoms with Gasteiger partial charge in [0.1, 0.15) is 6.29 Å². The second-order valence-electron chi connectivity index (χ2n) is 3.98. The molecule has 0 spiro atoms. The van der Waals surface area contributed by atoms with Gasteiger partial charge in [0, 0.05) is 5.92 Å². The highest BCUT2D eigenvalue weighted by atomic mass is 16.5. The Labute approximate surface area is 94.5 Å². The molecule has 1 aliphatic rings. The number of nitrogens with one attached hydrogen (secondary N) is 1. The van der Waals surface area contributed by atoms with E-state index in [9.17, 15) is 14.4 Å². The fourth-order valence-corrected chi connectivity index (χ4v) is 2.04. The lowest BCUT2D eigenvalue weighted by atomic mass is 9.81. The number of ether oxygens (including phenoxy) is 1. The first-order valence-electron chi connectivity index (χ1n) is 5.48. The Morgan fingerprint density at radius 2 is 1.81 bits per heavy atom. The van der Waals surface area contributed by atoms with Crippen LogP contribution >= 0.6 is 0 Å². The number of carbonyl (C=O) groups is 3. The lowest BCUT2D eigenvalue weighted by Crippen LogP contribution is -2.35. The first-order chi connectivity index (χ1) is 7.69. The Morgan fingerprint density at radius 1 is 1.25 bits per heavy atom. The summed E-state index contributed by atoms with van der Waals surface area (Å²) in [6.07, 6.45) is 3.41. The molecule has 0 atom stereocenters. The Hall–Kier alpha value is -1.39. The number of carbonyl (C=O) groups excluding carboxylic acids is 3. The molecule has 1 rings (SSSR count). The van der Waals surface area contributed by atoms with E-state index in [0.717, 1.165) is 0 Å². The molecule has 1 fully saturated rings. The van der Waals surface area contributed by atoms with E-state index in [1.54, 1.807) is 0 Å². The van der Waals surface area contributed by atoms with Gasteiger partial charge in [-0.3, -0.25) is 9.59 Å². The minimum Gasteiger partial charge on any atom is -0.469 e. The number of rotatable bonds is 4. The molecule has 0 radical (unpaired) electrons. The van der Waals surface area contributed by atoms with Crippen molar-refractivity contribution < 1.29 is 19.1 Å². The van der Waals surface area contributed by atoms with Gasteiger partial charge in [-0.05, 0) is 25.7 Å². The van der Waals surface area contributed by atoms with E-state index in [1.165, 1.54) is 7.11 Å². The van der Waals surface area contributed by atoms with Gasteiger partial charge in [-0.1, -0.05) is 0 Å². The normalized spacial score (nSPS) is 24.6. The Morgan fingerprint density at radius 3 is 2.31 bits per heavy atom. The number of hydrogen-bond acceptors (Lipinski definition) is 4. The topological polar surface area (TPSA) is 72.5 Å². The number of methoxy groups -OCH3 is 1. The summed E-state index contributed by atoms with van der Waals surface area (Å²) in [6, 6.07) is 0. The van der Waals surface area contributed by atoms with Crippen molar-refractivity contribution >= 4 is 18.2 Å². The molecule has 0 aromatic rings. The van der Waals surface area contributed by atoms with Crippen molar-refractivity contribution in [2.75, 3.05) is 13.7 Å². The molecule has 1 N–H and O–H groups in total. The number of aldehydes is 1. The minimum atomic E-state index is -0.188. The molecule has 5 heteroatoms. The summed E-state index contributed by atoms with van der Waals surface area (Å²) in [6.45, 7) is 0.0652. The number of esters is 1. The molecule has 0 heterocycles. The van der Waals surface area contributed by atoms with Gasteiger partial charge in [0.05, 0.1) is 19.6 Å². The Bertz CT molecular complexity index is 269. The van der Waals surface area contributed by atoms with Crippen LogP contribution < -0.4 is 5.32 Å². The van der Waals surface area contributed by atoms with Crippen LogP contribution in [0.4, 0.5) is 0 Å². The molecule has 5 nitrogen and oxygen atoms in total.